The molecule has 0 rings (SSSR count). The third kappa shape index (κ3) is 3.57. The third-order valence-electron chi connectivity index (χ3n) is 2.70. The van der Waals surface area contributed by atoms with Crippen molar-refractivity contribution in [1.82, 2.24) is 0 Å². The standard InChI is InChI=1S/C11H25N/c1-6-8-9(10(12)7-2)11(3,4)5/h9-10H,6-8,12H2,1-5H3. The Hall–Kier alpha value is -0.0400. The maximum atomic E-state index is 6.09. The Morgan fingerprint density at radius 3 is 1.92 bits per heavy atom. The van der Waals surface area contributed by atoms with Gasteiger partial charge in [0.1, 0.15) is 0 Å². The molecule has 0 fully saturated rings. The van der Waals surface area contributed by atoms with E-state index in [0.717, 1.165) is 6.42 Å². The highest BCUT2D eigenvalue weighted by Crippen LogP contribution is 2.32. The predicted octanol–water partition coefficient (Wildman–Crippen LogP) is 3.19. The van der Waals surface area contributed by atoms with Gasteiger partial charge in [-0.3, -0.25) is 0 Å². The Bertz CT molecular complexity index is 113. The monoisotopic (exact) mass is 171 g/mol. The molecule has 0 bridgehead atoms. The van der Waals surface area contributed by atoms with Gasteiger partial charge in [-0.2, -0.15) is 0 Å². The average Bonchev–Trinajstić information content (AvgIpc) is 1.96. The summed E-state index contributed by atoms with van der Waals surface area (Å²) >= 11 is 0. The van der Waals surface area contributed by atoms with Gasteiger partial charge in [0.05, 0.1) is 0 Å². The maximum absolute atomic E-state index is 6.09. The minimum atomic E-state index is 0.367. The smallest absolute Gasteiger partial charge is 0.00695 e. The zero-order valence-electron chi connectivity index (χ0n) is 9.35. The summed E-state index contributed by atoms with van der Waals surface area (Å²) in [6.45, 7) is 11.3. The second kappa shape index (κ2) is 4.86. The van der Waals surface area contributed by atoms with E-state index in [4.69, 9.17) is 5.73 Å². The van der Waals surface area contributed by atoms with E-state index in [1.54, 1.807) is 0 Å². The lowest BCUT2D eigenvalue weighted by atomic mass is 9.73. The molecule has 0 saturated heterocycles. The number of rotatable bonds is 4. The van der Waals surface area contributed by atoms with Gasteiger partial charge in [-0.1, -0.05) is 41.0 Å². The first kappa shape index (κ1) is 12.0. The Balaban J connectivity index is 4.22. The van der Waals surface area contributed by atoms with Gasteiger partial charge in [-0.05, 0) is 24.2 Å². The molecule has 0 saturated carbocycles. The van der Waals surface area contributed by atoms with Gasteiger partial charge in [0, 0.05) is 6.04 Å². The largest absolute Gasteiger partial charge is 0.327 e. The fourth-order valence-electron chi connectivity index (χ4n) is 1.88. The van der Waals surface area contributed by atoms with Crippen LogP contribution >= 0.6 is 0 Å². The van der Waals surface area contributed by atoms with Gasteiger partial charge < -0.3 is 5.73 Å². The van der Waals surface area contributed by atoms with Gasteiger partial charge in [0.25, 0.3) is 0 Å². The van der Waals surface area contributed by atoms with Gasteiger partial charge >= 0.3 is 0 Å². The summed E-state index contributed by atoms with van der Waals surface area (Å²) in [5.41, 5.74) is 6.46. The van der Waals surface area contributed by atoms with Crippen LogP contribution in [0.5, 0.6) is 0 Å². The topological polar surface area (TPSA) is 26.0 Å². The lowest BCUT2D eigenvalue weighted by Crippen LogP contribution is -2.37. The predicted molar refractivity (Wildman–Crippen MR) is 56.1 cm³/mol. The van der Waals surface area contributed by atoms with Crippen molar-refractivity contribution in [3.63, 3.8) is 0 Å². The average molecular weight is 171 g/mol. The summed E-state index contributed by atoms with van der Waals surface area (Å²) in [5.74, 6) is 0.674. The van der Waals surface area contributed by atoms with E-state index in [-0.39, 0.29) is 0 Å². The fourth-order valence-corrected chi connectivity index (χ4v) is 1.88. The minimum absolute atomic E-state index is 0.367. The van der Waals surface area contributed by atoms with Crippen LogP contribution in [0.25, 0.3) is 0 Å². The van der Waals surface area contributed by atoms with E-state index in [1.165, 1.54) is 12.8 Å². The first-order valence-corrected chi connectivity index (χ1v) is 5.19. The molecule has 2 atom stereocenters. The summed E-state index contributed by atoms with van der Waals surface area (Å²) in [7, 11) is 0. The van der Waals surface area contributed by atoms with E-state index >= 15 is 0 Å². The van der Waals surface area contributed by atoms with Crippen LogP contribution in [0, 0.1) is 11.3 Å². The van der Waals surface area contributed by atoms with Crippen LogP contribution in [0.4, 0.5) is 0 Å². The molecule has 1 nitrogen and oxygen atoms in total. The highest BCUT2D eigenvalue weighted by Gasteiger charge is 2.27. The van der Waals surface area contributed by atoms with Crippen molar-refractivity contribution in [3.8, 4) is 0 Å². The lowest BCUT2D eigenvalue weighted by Gasteiger charge is -2.34. The van der Waals surface area contributed by atoms with E-state index in [1.807, 2.05) is 0 Å². The molecule has 0 aromatic carbocycles. The highest BCUT2D eigenvalue weighted by atomic mass is 14.7. The van der Waals surface area contributed by atoms with Crippen molar-refractivity contribution in [3.05, 3.63) is 0 Å². The first-order chi connectivity index (χ1) is 5.43. The SMILES string of the molecule is CCCC(C(N)CC)C(C)(C)C. The Morgan fingerprint density at radius 1 is 1.17 bits per heavy atom. The normalized spacial score (nSPS) is 17.5. The summed E-state index contributed by atoms with van der Waals surface area (Å²) in [6, 6.07) is 0.380. The van der Waals surface area contributed by atoms with Crippen molar-refractivity contribution >= 4 is 0 Å². The molecule has 0 aliphatic heterocycles. The Kier molecular flexibility index (Phi) is 4.84. The van der Waals surface area contributed by atoms with Crippen molar-refractivity contribution in [2.24, 2.45) is 17.1 Å². The lowest BCUT2D eigenvalue weighted by molar-refractivity contribution is 0.183. The second-order valence-corrected chi connectivity index (χ2v) is 4.83. The summed E-state index contributed by atoms with van der Waals surface area (Å²) < 4.78 is 0. The molecule has 0 aliphatic rings. The van der Waals surface area contributed by atoms with Gasteiger partial charge in [-0.15, -0.1) is 0 Å². The molecular weight excluding hydrogens is 146 g/mol. The molecule has 0 aromatic heterocycles. The fraction of sp³-hybridized carbons (Fsp3) is 1.00. The molecule has 0 radical (unpaired) electrons. The zero-order valence-corrected chi connectivity index (χ0v) is 9.35. The van der Waals surface area contributed by atoms with E-state index in [9.17, 15) is 0 Å². The molecule has 1 heteroatoms. The Morgan fingerprint density at radius 2 is 1.67 bits per heavy atom. The van der Waals surface area contributed by atoms with Crippen LogP contribution < -0.4 is 5.73 Å². The van der Waals surface area contributed by atoms with Crippen LogP contribution in [0.2, 0.25) is 0 Å². The molecule has 0 aromatic rings. The molecule has 2 N–H and O–H groups in total. The summed E-state index contributed by atoms with van der Waals surface area (Å²) in [6.07, 6.45) is 3.61. The summed E-state index contributed by atoms with van der Waals surface area (Å²) in [5, 5.41) is 0. The van der Waals surface area contributed by atoms with Crippen molar-refractivity contribution < 1.29 is 0 Å². The van der Waals surface area contributed by atoms with E-state index < -0.39 is 0 Å². The van der Waals surface area contributed by atoms with Crippen LogP contribution in [-0.2, 0) is 0 Å². The molecule has 2 unspecified atom stereocenters. The van der Waals surface area contributed by atoms with Crippen molar-refractivity contribution in [2.45, 2.75) is 59.9 Å². The second-order valence-electron chi connectivity index (χ2n) is 4.83. The molecule has 0 aliphatic carbocycles. The highest BCUT2D eigenvalue weighted by molar-refractivity contribution is 4.81. The molecular formula is C11H25N. The van der Waals surface area contributed by atoms with Crippen molar-refractivity contribution in [2.75, 3.05) is 0 Å². The molecule has 0 heterocycles. The van der Waals surface area contributed by atoms with Gasteiger partial charge in [-0.25, -0.2) is 0 Å². The number of hydrogen-bond acceptors (Lipinski definition) is 1. The third-order valence-corrected chi connectivity index (χ3v) is 2.70. The van der Waals surface area contributed by atoms with Crippen LogP contribution in [0.3, 0.4) is 0 Å². The number of nitrogens with two attached hydrogens (primary N) is 1. The number of hydrogen-bond donors (Lipinski definition) is 1. The summed E-state index contributed by atoms with van der Waals surface area (Å²) in [4.78, 5) is 0. The van der Waals surface area contributed by atoms with E-state index in [2.05, 4.69) is 34.6 Å². The zero-order chi connectivity index (χ0) is 9.78. The molecule has 0 spiro atoms. The van der Waals surface area contributed by atoms with Gasteiger partial charge in [0.15, 0.2) is 0 Å². The molecule has 74 valence electrons. The van der Waals surface area contributed by atoms with Crippen LogP contribution in [0.1, 0.15) is 53.9 Å². The van der Waals surface area contributed by atoms with Crippen LogP contribution in [-0.4, -0.2) is 6.04 Å². The maximum Gasteiger partial charge on any atom is 0.00695 e. The minimum Gasteiger partial charge on any atom is -0.327 e. The van der Waals surface area contributed by atoms with Gasteiger partial charge in [0.2, 0.25) is 0 Å². The first-order valence-electron chi connectivity index (χ1n) is 5.19. The van der Waals surface area contributed by atoms with Crippen LogP contribution in [0.15, 0.2) is 0 Å². The van der Waals surface area contributed by atoms with E-state index in [0.29, 0.717) is 17.4 Å². The molecule has 12 heavy (non-hydrogen) atoms. The van der Waals surface area contributed by atoms with Crippen molar-refractivity contribution in [1.29, 1.82) is 0 Å². The Labute approximate surface area is 77.7 Å². The quantitative estimate of drug-likeness (QED) is 0.690. The molecule has 0 amide bonds.